The molecule has 0 spiro atoms. The Kier molecular flexibility index (Phi) is 2.94. The molecule has 0 aliphatic heterocycles. The molecule has 1 aliphatic carbocycles. The monoisotopic (exact) mass is 248 g/mol. The smallest absolute Gasteiger partial charge is 0.201 e. The number of carbonyl (C=O) groups is 1. The molecule has 0 aromatic heterocycles. The lowest BCUT2D eigenvalue weighted by Crippen LogP contribution is -2.48. The van der Waals surface area contributed by atoms with Crippen LogP contribution in [0.4, 0.5) is 0 Å². The number of allylic oxidation sites excluding steroid dienone is 1. The van der Waals surface area contributed by atoms with Gasteiger partial charge in [0.2, 0.25) is 5.78 Å². The molecule has 0 amide bonds. The van der Waals surface area contributed by atoms with E-state index < -0.39 is 17.5 Å². The fourth-order valence-electron chi connectivity index (χ4n) is 1.71. The van der Waals surface area contributed by atoms with Crippen molar-refractivity contribution in [3.8, 4) is 5.75 Å². The van der Waals surface area contributed by atoms with Gasteiger partial charge in [-0.25, -0.2) is 0 Å². The normalized spacial score (nSPS) is 26.8. The van der Waals surface area contributed by atoms with E-state index in [4.69, 9.17) is 10.2 Å². The van der Waals surface area contributed by atoms with Crippen LogP contribution in [-0.2, 0) is 0 Å². The molecule has 0 heterocycles. The number of carbonyl (C=O) groups excluding carboxylic acids is 1. The zero-order valence-electron chi connectivity index (χ0n) is 9.32. The summed E-state index contributed by atoms with van der Waals surface area (Å²) in [5.74, 6) is -0.934. The lowest BCUT2D eigenvalue weighted by molar-refractivity contribution is -0.00432. The molecule has 5 nitrogen and oxygen atoms in total. The number of phenolic OH excluding ortho intramolecular Hbond substituents is 1. The minimum Gasteiger partial charge on any atom is -0.508 e. The van der Waals surface area contributed by atoms with Gasteiger partial charge in [0.1, 0.15) is 17.6 Å². The highest BCUT2D eigenvalue weighted by molar-refractivity contribution is 6.04. The number of hydrogen-bond acceptors (Lipinski definition) is 5. The second kappa shape index (κ2) is 4.29. The van der Waals surface area contributed by atoms with Crippen molar-refractivity contribution in [3.05, 3.63) is 53.8 Å². The van der Waals surface area contributed by atoms with E-state index in [0.717, 1.165) is 18.2 Å². The summed E-state index contributed by atoms with van der Waals surface area (Å²) in [4.78, 5) is 12.1. The Balaban J connectivity index is 2.34. The maximum Gasteiger partial charge on any atom is 0.201 e. The summed E-state index contributed by atoms with van der Waals surface area (Å²) in [7, 11) is 0. The Hall–Kier alpha value is -2.11. The number of aliphatic hydroxyl groups is 3. The molecule has 0 radical (unpaired) electrons. The molecule has 0 bridgehead atoms. The molecule has 2 atom stereocenters. The maximum atomic E-state index is 12.1. The van der Waals surface area contributed by atoms with E-state index in [1.165, 1.54) is 24.3 Å². The van der Waals surface area contributed by atoms with Crippen LogP contribution in [0.2, 0.25) is 0 Å². The highest BCUT2D eigenvalue weighted by Crippen LogP contribution is 2.25. The van der Waals surface area contributed by atoms with Crippen LogP contribution >= 0.6 is 0 Å². The number of aromatic hydroxyl groups is 1. The van der Waals surface area contributed by atoms with Gasteiger partial charge in [-0.3, -0.25) is 4.79 Å². The number of rotatable bonds is 2. The van der Waals surface area contributed by atoms with E-state index in [1.807, 2.05) is 0 Å². The maximum absolute atomic E-state index is 12.1. The van der Waals surface area contributed by atoms with Crippen molar-refractivity contribution in [2.24, 2.45) is 0 Å². The molecule has 1 aliphatic rings. The number of hydrogen-bond donors (Lipinski definition) is 4. The van der Waals surface area contributed by atoms with Crippen molar-refractivity contribution in [2.45, 2.75) is 11.7 Å². The lowest BCUT2D eigenvalue weighted by atomic mass is 9.84. The molecule has 94 valence electrons. The number of aliphatic hydroxyl groups excluding tert-OH is 2. The van der Waals surface area contributed by atoms with Crippen LogP contribution in [0.1, 0.15) is 10.4 Å². The van der Waals surface area contributed by atoms with Crippen molar-refractivity contribution in [1.82, 2.24) is 0 Å². The molecular formula is C13H12O5. The first kappa shape index (κ1) is 12.3. The van der Waals surface area contributed by atoms with E-state index in [9.17, 15) is 15.0 Å². The first-order valence-corrected chi connectivity index (χ1v) is 5.28. The standard InChI is InChI=1S/C13H12O5/c14-9-3-1-8(2-4-9)12(17)13(18)6-5-10(15)7-11(13)16/h1-7,11,14-16,18H. The van der Waals surface area contributed by atoms with E-state index >= 15 is 0 Å². The van der Waals surface area contributed by atoms with Crippen LogP contribution in [0.15, 0.2) is 48.3 Å². The van der Waals surface area contributed by atoms with E-state index in [0.29, 0.717) is 0 Å². The third-order valence-electron chi connectivity index (χ3n) is 2.78. The minimum absolute atomic E-state index is 0.00388. The Morgan fingerprint density at radius 1 is 1.17 bits per heavy atom. The zero-order chi connectivity index (χ0) is 13.3. The van der Waals surface area contributed by atoms with Gasteiger partial charge in [-0.2, -0.15) is 0 Å². The molecular weight excluding hydrogens is 236 g/mol. The quantitative estimate of drug-likeness (QED) is 0.577. The summed E-state index contributed by atoms with van der Waals surface area (Å²) in [6.45, 7) is 0. The molecule has 0 saturated heterocycles. The number of benzene rings is 1. The molecule has 0 fully saturated rings. The van der Waals surface area contributed by atoms with E-state index in [-0.39, 0.29) is 17.1 Å². The summed E-state index contributed by atoms with van der Waals surface area (Å²) in [5, 5.41) is 38.1. The van der Waals surface area contributed by atoms with Gasteiger partial charge < -0.3 is 20.4 Å². The van der Waals surface area contributed by atoms with Gasteiger partial charge in [-0.15, -0.1) is 0 Å². The van der Waals surface area contributed by atoms with Crippen molar-refractivity contribution >= 4 is 5.78 Å². The van der Waals surface area contributed by atoms with Gasteiger partial charge in [0.05, 0.1) is 0 Å². The van der Waals surface area contributed by atoms with Gasteiger partial charge in [-0.1, -0.05) is 0 Å². The first-order chi connectivity index (χ1) is 8.43. The van der Waals surface area contributed by atoms with E-state index in [2.05, 4.69) is 0 Å². The summed E-state index contributed by atoms with van der Waals surface area (Å²) < 4.78 is 0. The Labute approximate surface area is 103 Å². The van der Waals surface area contributed by atoms with Crippen LogP contribution in [0, 0.1) is 0 Å². The van der Waals surface area contributed by atoms with Crippen LogP contribution in [-0.4, -0.2) is 37.9 Å². The Morgan fingerprint density at radius 2 is 1.78 bits per heavy atom. The highest BCUT2D eigenvalue weighted by Gasteiger charge is 2.42. The second-order valence-corrected chi connectivity index (χ2v) is 4.07. The second-order valence-electron chi connectivity index (χ2n) is 4.07. The third-order valence-corrected chi connectivity index (χ3v) is 2.78. The number of phenols is 1. The van der Waals surface area contributed by atoms with Gasteiger partial charge in [0.15, 0.2) is 5.60 Å². The van der Waals surface area contributed by atoms with Crippen LogP contribution in [0.25, 0.3) is 0 Å². The molecule has 1 aromatic rings. The molecule has 5 heteroatoms. The van der Waals surface area contributed by atoms with Gasteiger partial charge in [0, 0.05) is 5.56 Å². The molecule has 18 heavy (non-hydrogen) atoms. The van der Waals surface area contributed by atoms with Gasteiger partial charge in [-0.05, 0) is 42.5 Å². The highest BCUT2D eigenvalue weighted by atomic mass is 16.4. The largest absolute Gasteiger partial charge is 0.508 e. The van der Waals surface area contributed by atoms with Crippen molar-refractivity contribution in [2.75, 3.05) is 0 Å². The Bertz CT molecular complexity index is 529. The number of Topliss-reactive ketones (excluding diaryl/α,β-unsaturated/α-hetero) is 1. The summed E-state index contributed by atoms with van der Waals surface area (Å²) in [6.07, 6.45) is 1.65. The molecule has 2 rings (SSSR count). The van der Waals surface area contributed by atoms with E-state index in [1.54, 1.807) is 0 Å². The van der Waals surface area contributed by atoms with Crippen LogP contribution in [0.5, 0.6) is 5.75 Å². The average molecular weight is 248 g/mol. The van der Waals surface area contributed by atoms with Crippen molar-refractivity contribution in [3.63, 3.8) is 0 Å². The SMILES string of the molecule is O=C(c1ccc(O)cc1)C1(O)C=CC(O)=CC1O. The van der Waals surface area contributed by atoms with Crippen LogP contribution in [0.3, 0.4) is 0 Å². The zero-order valence-corrected chi connectivity index (χ0v) is 9.32. The molecule has 1 aromatic carbocycles. The fraction of sp³-hybridized carbons (Fsp3) is 0.154. The van der Waals surface area contributed by atoms with Gasteiger partial charge in [0.25, 0.3) is 0 Å². The van der Waals surface area contributed by atoms with Crippen molar-refractivity contribution < 1.29 is 25.2 Å². The van der Waals surface area contributed by atoms with Gasteiger partial charge >= 0.3 is 0 Å². The predicted molar refractivity (Wildman–Crippen MR) is 63.2 cm³/mol. The lowest BCUT2D eigenvalue weighted by Gasteiger charge is -2.29. The molecule has 4 N–H and O–H groups in total. The summed E-state index contributed by atoms with van der Waals surface area (Å²) >= 11 is 0. The first-order valence-electron chi connectivity index (χ1n) is 5.28. The van der Waals surface area contributed by atoms with Crippen molar-refractivity contribution in [1.29, 1.82) is 0 Å². The molecule has 0 saturated carbocycles. The average Bonchev–Trinajstić information content (AvgIpc) is 2.34. The summed E-state index contributed by atoms with van der Waals surface area (Å²) in [5.41, 5.74) is -1.96. The fourth-order valence-corrected chi connectivity index (χ4v) is 1.71. The minimum atomic E-state index is -2.11. The predicted octanol–water partition coefficient (Wildman–Crippen LogP) is 0.679. The Morgan fingerprint density at radius 3 is 2.33 bits per heavy atom. The topological polar surface area (TPSA) is 98.0 Å². The third kappa shape index (κ3) is 2.01. The van der Waals surface area contributed by atoms with Crippen LogP contribution < -0.4 is 0 Å². The number of ketones is 1. The summed E-state index contributed by atoms with van der Waals surface area (Å²) in [6, 6.07) is 5.30. The molecule has 2 unspecified atom stereocenters.